The highest BCUT2D eigenvalue weighted by atomic mass is 16.5. The highest BCUT2D eigenvalue weighted by molar-refractivity contribution is 5.78. The first-order chi connectivity index (χ1) is 14.2. The minimum absolute atomic E-state index is 0.0478. The van der Waals surface area contributed by atoms with Crippen LogP contribution in [0.3, 0.4) is 0 Å². The molecule has 1 atom stereocenters. The smallest absolute Gasteiger partial charge is 0.224 e. The number of aromatic nitrogens is 3. The van der Waals surface area contributed by atoms with E-state index in [4.69, 9.17) is 4.52 Å². The Bertz CT molecular complexity index is 787. The molecule has 0 aliphatic carbocycles. The number of amides is 1. The van der Waals surface area contributed by atoms with Gasteiger partial charge in [0.25, 0.3) is 0 Å². The molecule has 0 unspecified atom stereocenters. The van der Waals surface area contributed by atoms with Gasteiger partial charge in [0.1, 0.15) is 0 Å². The number of rotatable bonds is 6. The van der Waals surface area contributed by atoms with Crippen molar-refractivity contribution in [2.75, 3.05) is 26.2 Å². The molecule has 4 heterocycles. The summed E-state index contributed by atoms with van der Waals surface area (Å²) in [5, 5.41) is 6.81. The first-order valence-corrected chi connectivity index (χ1v) is 10.6. The van der Waals surface area contributed by atoms with E-state index < -0.39 is 0 Å². The van der Waals surface area contributed by atoms with Crippen LogP contribution < -0.4 is 5.32 Å². The lowest BCUT2D eigenvalue weighted by molar-refractivity contribution is -0.127. The molecule has 1 amide bonds. The Morgan fingerprint density at radius 2 is 2.00 bits per heavy atom. The van der Waals surface area contributed by atoms with Gasteiger partial charge in [-0.05, 0) is 63.0 Å². The number of likely N-dealkylation sites (tertiary alicyclic amines) is 2. The predicted octanol–water partition coefficient (Wildman–Crippen LogP) is 1.77. The van der Waals surface area contributed by atoms with Crippen molar-refractivity contribution in [1.29, 1.82) is 0 Å². The van der Waals surface area contributed by atoms with Crippen LogP contribution in [0.2, 0.25) is 0 Å². The van der Waals surface area contributed by atoms with Crippen molar-refractivity contribution >= 4 is 5.91 Å². The van der Waals surface area contributed by atoms with Gasteiger partial charge >= 0.3 is 0 Å². The van der Waals surface area contributed by atoms with Crippen LogP contribution in [0.15, 0.2) is 29.0 Å². The molecule has 0 bridgehead atoms. The molecule has 2 aromatic heterocycles. The van der Waals surface area contributed by atoms with Crippen molar-refractivity contribution in [3.63, 3.8) is 0 Å². The van der Waals surface area contributed by atoms with Crippen LogP contribution in [-0.4, -0.2) is 63.1 Å². The van der Waals surface area contributed by atoms with E-state index in [0.29, 0.717) is 24.3 Å². The summed E-state index contributed by atoms with van der Waals surface area (Å²) in [4.78, 5) is 25.9. The molecule has 2 aliphatic heterocycles. The van der Waals surface area contributed by atoms with Crippen LogP contribution >= 0.6 is 0 Å². The number of nitrogens with one attached hydrogen (secondary N) is 1. The van der Waals surface area contributed by atoms with E-state index in [2.05, 4.69) is 42.4 Å². The summed E-state index contributed by atoms with van der Waals surface area (Å²) < 4.78 is 4.96. The number of hydrogen-bond acceptors (Lipinski definition) is 7. The number of piperidine rings is 2. The number of hydrogen-bond donors (Lipinski definition) is 1. The van der Waals surface area contributed by atoms with Crippen LogP contribution in [0.1, 0.15) is 43.0 Å². The van der Waals surface area contributed by atoms with Gasteiger partial charge in [0.05, 0.1) is 12.5 Å². The number of carbonyl (C=O) groups excluding carboxylic acids is 1. The Morgan fingerprint density at radius 1 is 1.21 bits per heavy atom. The molecule has 156 valence electrons. The fraction of sp³-hybridized carbons (Fsp3) is 0.619. The number of pyridine rings is 1. The number of carbonyl (C=O) groups is 1. The third kappa shape index (κ3) is 5.39. The van der Waals surface area contributed by atoms with Crippen molar-refractivity contribution in [2.45, 2.75) is 51.7 Å². The van der Waals surface area contributed by atoms with Gasteiger partial charge in [-0.15, -0.1) is 0 Å². The van der Waals surface area contributed by atoms with Crippen molar-refractivity contribution in [3.8, 4) is 0 Å². The molecule has 2 saturated heterocycles. The monoisotopic (exact) mass is 398 g/mol. The topological polar surface area (TPSA) is 87.4 Å². The van der Waals surface area contributed by atoms with Crippen LogP contribution in [-0.2, 0) is 17.9 Å². The maximum atomic E-state index is 12.6. The molecule has 4 rings (SSSR count). The Labute approximate surface area is 171 Å². The summed E-state index contributed by atoms with van der Waals surface area (Å²) in [6.07, 6.45) is 8.09. The van der Waals surface area contributed by atoms with E-state index in [-0.39, 0.29) is 11.8 Å². The second-order valence-electron chi connectivity index (χ2n) is 8.14. The molecule has 8 nitrogen and oxygen atoms in total. The average molecular weight is 399 g/mol. The summed E-state index contributed by atoms with van der Waals surface area (Å²) in [6.45, 7) is 7.25. The molecule has 8 heteroatoms. The fourth-order valence-corrected chi connectivity index (χ4v) is 4.46. The summed E-state index contributed by atoms with van der Waals surface area (Å²) in [5.41, 5.74) is 1.32. The zero-order valence-corrected chi connectivity index (χ0v) is 17.1. The summed E-state index contributed by atoms with van der Waals surface area (Å²) in [6, 6.07) is 4.77. The third-order valence-corrected chi connectivity index (χ3v) is 6.04. The first-order valence-electron chi connectivity index (χ1n) is 10.6. The van der Waals surface area contributed by atoms with Gasteiger partial charge in [-0.2, -0.15) is 4.98 Å². The number of nitrogens with zero attached hydrogens (tertiary/aromatic N) is 5. The molecule has 0 spiro atoms. The zero-order valence-electron chi connectivity index (χ0n) is 17.1. The minimum atomic E-state index is 0.0478. The van der Waals surface area contributed by atoms with Crippen molar-refractivity contribution in [1.82, 2.24) is 30.2 Å². The van der Waals surface area contributed by atoms with Crippen LogP contribution in [0, 0.1) is 12.8 Å². The fourth-order valence-electron chi connectivity index (χ4n) is 4.46. The molecule has 2 aromatic rings. The largest absolute Gasteiger partial charge is 0.348 e. The molecular weight excluding hydrogens is 368 g/mol. The second kappa shape index (κ2) is 9.45. The van der Waals surface area contributed by atoms with Gasteiger partial charge in [-0.25, -0.2) is 0 Å². The molecular formula is C21H30N6O2. The summed E-state index contributed by atoms with van der Waals surface area (Å²) >= 11 is 0. The van der Waals surface area contributed by atoms with Crippen molar-refractivity contribution in [3.05, 3.63) is 41.8 Å². The maximum Gasteiger partial charge on any atom is 0.224 e. The van der Waals surface area contributed by atoms with Gasteiger partial charge in [-0.1, -0.05) is 5.16 Å². The molecule has 2 aliphatic rings. The normalized spacial score (nSPS) is 21.9. The Hall–Kier alpha value is -2.32. The summed E-state index contributed by atoms with van der Waals surface area (Å²) in [7, 11) is 0. The van der Waals surface area contributed by atoms with E-state index in [1.165, 1.54) is 18.4 Å². The van der Waals surface area contributed by atoms with Gasteiger partial charge in [0.15, 0.2) is 5.82 Å². The van der Waals surface area contributed by atoms with Crippen molar-refractivity contribution < 1.29 is 9.32 Å². The van der Waals surface area contributed by atoms with Crippen LogP contribution in [0.5, 0.6) is 0 Å². The lowest BCUT2D eigenvalue weighted by atomic mass is 9.93. The lowest BCUT2D eigenvalue weighted by Crippen LogP contribution is -2.50. The minimum Gasteiger partial charge on any atom is -0.348 e. The van der Waals surface area contributed by atoms with E-state index >= 15 is 0 Å². The summed E-state index contributed by atoms with van der Waals surface area (Å²) in [5.74, 6) is 1.21. The first kappa shape index (κ1) is 20.0. The molecule has 0 aromatic carbocycles. The predicted molar refractivity (Wildman–Crippen MR) is 108 cm³/mol. The molecule has 2 fully saturated rings. The molecule has 0 saturated carbocycles. The zero-order chi connectivity index (χ0) is 20.1. The SMILES string of the molecule is Cc1nc(CNC(=O)[C@H]2CCCN(C3CCN(Cc4ccncc4)CC3)C2)no1. The Balaban J connectivity index is 1.23. The lowest BCUT2D eigenvalue weighted by Gasteiger charge is -2.42. The standard InChI is InChI=1S/C21H30N6O2/c1-16-24-20(25-29-16)13-23-21(28)18-3-2-10-27(15-18)19-6-11-26(12-7-19)14-17-4-8-22-9-5-17/h4-5,8-9,18-19H,2-3,6-7,10-15H2,1H3,(H,23,28)/t18-/m0/s1. The third-order valence-electron chi connectivity index (χ3n) is 6.04. The molecule has 0 radical (unpaired) electrons. The second-order valence-corrected chi connectivity index (χ2v) is 8.14. The quantitative estimate of drug-likeness (QED) is 0.793. The van der Waals surface area contributed by atoms with Crippen LogP contribution in [0.4, 0.5) is 0 Å². The van der Waals surface area contributed by atoms with E-state index in [1.807, 2.05) is 12.4 Å². The van der Waals surface area contributed by atoms with E-state index in [0.717, 1.165) is 45.6 Å². The average Bonchev–Trinajstić information content (AvgIpc) is 3.18. The highest BCUT2D eigenvalue weighted by Crippen LogP contribution is 2.24. The maximum absolute atomic E-state index is 12.6. The molecule has 1 N–H and O–H groups in total. The molecule has 29 heavy (non-hydrogen) atoms. The van der Waals surface area contributed by atoms with Gasteiger partial charge in [0.2, 0.25) is 11.8 Å². The van der Waals surface area contributed by atoms with Crippen molar-refractivity contribution in [2.24, 2.45) is 5.92 Å². The van der Waals surface area contributed by atoms with Gasteiger partial charge < -0.3 is 9.84 Å². The highest BCUT2D eigenvalue weighted by Gasteiger charge is 2.31. The van der Waals surface area contributed by atoms with E-state index in [9.17, 15) is 4.79 Å². The number of aryl methyl sites for hydroxylation is 1. The van der Waals surface area contributed by atoms with Gasteiger partial charge in [0, 0.05) is 38.4 Å². The Morgan fingerprint density at radius 3 is 2.72 bits per heavy atom. The Kier molecular flexibility index (Phi) is 6.51. The van der Waals surface area contributed by atoms with Gasteiger partial charge in [-0.3, -0.25) is 19.6 Å². The van der Waals surface area contributed by atoms with E-state index in [1.54, 1.807) is 6.92 Å². The van der Waals surface area contributed by atoms with Crippen LogP contribution in [0.25, 0.3) is 0 Å².